The maximum absolute atomic E-state index is 2.46. The molecular formula is C27H21N. The van der Waals surface area contributed by atoms with E-state index < -0.39 is 0 Å². The lowest BCUT2D eigenvalue weighted by Gasteiger charge is -2.16. The van der Waals surface area contributed by atoms with Crippen molar-refractivity contribution in [3.05, 3.63) is 103 Å². The van der Waals surface area contributed by atoms with Crippen molar-refractivity contribution in [3.63, 3.8) is 0 Å². The van der Waals surface area contributed by atoms with Crippen LogP contribution in [0, 0.1) is 0 Å². The van der Waals surface area contributed by atoms with E-state index in [0.717, 1.165) is 5.92 Å². The third kappa shape index (κ3) is 2.47. The first-order valence-corrected chi connectivity index (χ1v) is 10.1. The zero-order chi connectivity index (χ0) is 18.5. The van der Waals surface area contributed by atoms with E-state index in [2.05, 4.69) is 102 Å². The molecule has 1 fully saturated rings. The van der Waals surface area contributed by atoms with Crippen LogP contribution in [-0.2, 0) is 0 Å². The van der Waals surface area contributed by atoms with Crippen molar-refractivity contribution in [2.24, 2.45) is 0 Å². The van der Waals surface area contributed by atoms with Gasteiger partial charge in [0.2, 0.25) is 0 Å². The van der Waals surface area contributed by atoms with E-state index in [0.29, 0.717) is 0 Å². The minimum atomic E-state index is 0.727. The third-order valence-electron chi connectivity index (χ3n) is 5.93. The fourth-order valence-electron chi connectivity index (χ4n) is 4.39. The molecule has 1 aliphatic carbocycles. The quantitative estimate of drug-likeness (QED) is 0.318. The fraction of sp³-hybridized carbons (Fsp3) is 0.111. The molecule has 1 heteroatoms. The molecular weight excluding hydrogens is 338 g/mol. The summed E-state index contributed by atoms with van der Waals surface area (Å²) >= 11 is 0. The van der Waals surface area contributed by atoms with Crippen molar-refractivity contribution in [2.75, 3.05) is 0 Å². The normalized spacial score (nSPS) is 14.0. The highest BCUT2D eigenvalue weighted by Gasteiger charge is 2.25. The summed E-state index contributed by atoms with van der Waals surface area (Å²) in [6.07, 6.45) is 2.63. The molecule has 1 aromatic heterocycles. The topological polar surface area (TPSA) is 4.93 Å². The predicted octanol–water partition coefficient (Wildman–Crippen LogP) is 7.33. The van der Waals surface area contributed by atoms with E-state index in [9.17, 15) is 0 Å². The second-order valence-corrected chi connectivity index (χ2v) is 7.83. The number of fused-ring (bicyclic) bond motifs is 2. The molecule has 0 atom stereocenters. The molecule has 0 unspecified atom stereocenters. The van der Waals surface area contributed by atoms with E-state index in [4.69, 9.17) is 0 Å². The Morgan fingerprint density at radius 3 is 2.18 bits per heavy atom. The van der Waals surface area contributed by atoms with Gasteiger partial charge in [0.15, 0.2) is 0 Å². The molecule has 28 heavy (non-hydrogen) atoms. The highest BCUT2D eigenvalue weighted by Crippen LogP contribution is 2.43. The van der Waals surface area contributed by atoms with Gasteiger partial charge in [-0.05, 0) is 53.5 Å². The van der Waals surface area contributed by atoms with Crippen molar-refractivity contribution in [1.29, 1.82) is 0 Å². The van der Waals surface area contributed by atoms with Gasteiger partial charge in [-0.1, -0.05) is 78.9 Å². The highest BCUT2D eigenvalue weighted by molar-refractivity contribution is 5.96. The average Bonchev–Trinajstić information content (AvgIpc) is 3.54. The fourth-order valence-corrected chi connectivity index (χ4v) is 4.39. The van der Waals surface area contributed by atoms with Crippen LogP contribution in [0.3, 0.4) is 0 Å². The van der Waals surface area contributed by atoms with Crippen LogP contribution in [0.4, 0.5) is 0 Å². The second-order valence-electron chi connectivity index (χ2n) is 7.83. The van der Waals surface area contributed by atoms with Gasteiger partial charge in [-0.15, -0.1) is 0 Å². The van der Waals surface area contributed by atoms with Gasteiger partial charge in [0.1, 0.15) is 0 Å². The third-order valence-corrected chi connectivity index (χ3v) is 5.93. The molecule has 0 spiro atoms. The van der Waals surface area contributed by atoms with Crippen LogP contribution >= 0.6 is 0 Å². The van der Waals surface area contributed by atoms with Gasteiger partial charge in [-0.3, -0.25) is 0 Å². The lowest BCUT2D eigenvalue weighted by molar-refractivity contribution is 1.10. The van der Waals surface area contributed by atoms with Crippen molar-refractivity contribution in [2.45, 2.75) is 18.8 Å². The summed E-state index contributed by atoms with van der Waals surface area (Å²) in [7, 11) is 0. The van der Waals surface area contributed by atoms with E-state index in [1.165, 1.54) is 57.0 Å². The number of aromatic nitrogens is 1. The van der Waals surface area contributed by atoms with Gasteiger partial charge in [0.05, 0.1) is 16.9 Å². The van der Waals surface area contributed by atoms with Crippen molar-refractivity contribution < 1.29 is 0 Å². The van der Waals surface area contributed by atoms with E-state index in [1.807, 2.05) is 0 Å². The molecule has 0 radical (unpaired) electrons. The zero-order valence-electron chi connectivity index (χ0n) is 15.7. The monoisotopic (exact) mass is 359 g/mol. The summed E-state index contributed by atoms with van der Waals surface area (Å²) in [6.45, 7) is 0. The standard InChI is InChI=1S/C27H21N/c1-2-8-20(9-3-1)26-17-22-11-5-7-13-25(22)28(26)27-18-23(19-14-15-19)16-21-10-4-6-12-24(21)27/h1-13,16-19H,14-15H2. The van der Waals surface area contributed by atoms with Crippen molar-refractivity contribution in [1.82, 2.24) is 4.57 Å². The summed E-state index contributed by atoms with van der Waals surface area (Å²) in [6, 6.07) is 35.4. The van der Waals surface area contributed by atoms with Gasteiger partial charge in [-0.25, -0.2) is 0 Å². The van der Waals surface area contributed by atoms with Crippen molar-refractivity contribution >= 4 is 21.7 Å². The Labute approximate surface area is 164 Å². The smallest absolute Gasteiger partial charge is 0.0543 e. The molecule has 0 aliphatic heterocycles. The first-order valence-electron chi connectivity index (χ1n) is 10.1. The molecule has 0 N–H and O–H groups in total. The number of para-hydroxylation sites is 1. The van der Waals surface area contributed by atoms with Crippen LogP contribution in [0.25, 0.3) is 38.6 Å². The first kappa shape index (κ1) is 15.7. The molecule has 1 heterocycles. The van der Waals surface area contributed by atoms with Crippen LogP contribution in [0.1, 0.15) is 24.3 Å². The Kier molecular flexibility index (Phi) is 3.42. The largest absolute Gasteiger partial charge is 0.309 e. The van der Waals surface area contributed by atoms with E-state index >= 15 is 0 Å². The SMILES string of the molecule is c1ccc(-c2cc3ccccc3n2-c2cc(C3CC3)cc3ccccc23)cc1. The summed E-state index contributed by atoms with van der Waals surface area (Å²) in [5.74, 6) is 0.727. The van der Waals surface area contributed by atoms with Crippen LogP contribution in [0.15, 0.2) is 97.1 Å². The maximum Gasteiger partial charge on any atom is 0.0543 e. The summed E-state index contributed by atoms with van der Waals surface area (Å²) < 4.78 is 2.46. The number of nitrogens with zero attached hydrogens (tertiary/aromatic N) is 1. The molecule has 4 aromatic carbocycles. The summed E-state index contributed by atoms with van der Waals surface area (Å²) in [4.78, 5) is 0. The molecule has 134 valence electrons. The average molecular weight is 359 g/mol. The zero-order valence-corrected chi connectivity index (χ0v) is 15.7. The lowest BCUT2D eigenvalue weighted by atomic mass is 10.0. The highest BCUT2D eigenvalue weighted by atomic mass is 15.0. The number of hydrogen-bond acceptors (Lipinski definition) is 0. The molecule has 0 bridgehead atoms. The van der Waals surface area contributed by atoms with Gasteiger partial charge in [0.25, 0.3) is 0 Å². The van der Waals surface area contributed by atoms with Crippen molar-refractivity contribution in [3.8, 4) is 16.9 Å². The van der Waals surface area contributed by atoms with Gasteiger partial charge < -0.3 is 4.57 Å². The van der Waals surface area contributed by atoms with E-state index in [-0.39, 0.29) is 0 Å². The van der Waals surface area contributed by atoms with Crippen LogP contribution in [-0.4, -0.2) is 4.57 Å². The van der Waals surface area contributed by atoms with E-state index in [1.54, 1.807) is 0 Å². The molecule has 1 aliphatic rings. The predicted molar refractivity (Wildman–Crippen MR) is 118 cm³/mol. The number of hydrogen-bond donors (Lipinski definition) is 0. The second kappa shape index (κ2) is 6.10. The Morgan fingerprint density at radius 2 is 1.36 bits per heavy atom. The van der Waals surface area contributed by atoms with Crippen LogP contribution in [0.5, 0.6) is 0 Å². The van der Waals surface area contributed by atoms with Crippen LogP contribution in [0.2, 0.25) is 0 Å². The number of benzene rings is 4. The Morgan fingerprint density at radius 1 is 0.643 bits per heavy atom. The Hall–Kier alpha value is -3.32. The molecule has 0 amide bonds. The number of rotatable bonds is 3. The van der Waals surface area contributed by atoms with Crippen LogP contribution < -0.4 is 0 Å². The molecule has 1 saturated carbocycles. The lowest BCUT2D eigenvalue weighted by Crippen LogP contribution is -1.99. The molecule has 6 rings (SSSR count). The minimum Gasteiger partial charge on any atom is -0.309 e. The van der Waals surface area contributed by atoms with Gasteiger partial charge >= 0.3 is 0 Å². The summed E-state index contributed by atoms with van der Waals surface area (Å²) in [5.41, 5.74) is 6.53. The Balaban J connectivity index is 1.74. The molecule has 1 nitrogen and oxygen atoms in total. The molecule has 0 saturated heterocycles. The van der Waals surface area contributed by atoms with Gasteiger partial charge in [-0.2, -0.15) is 0 Å². The Bertz CT molecular complexity index is 1310. The molecule has 5 aromatic rings. The minimum absolute atomic E-state index is 0.727. The summed E-state index contributed by atoms with van der Waals surface area (Å²) in [5, 5.41) is 3.92. The first-order chi connectivity index (χ1) is 13.9. The van der Waals surface area contributed by atoms with Gasteiger partial charge in [0, 0.05) is 10.8 Å². The maximum atomic E-state index is 2.46.